The number of amides is 2. The third-order valence-corrected chi connectivity index (χ3v) is 5.37. The molecule has 0 unspecified atom stereocenters. The van der Waals surface area contributed by atoms with E-state index in [0.29, 0.717) is 27.8 Å². The number of nitrogens with zero attached hydrogens (tertiary/aromatic N) is 1. The van der Waals surface area contributed by atoms with Crippen molar-refractivity contribution in [3.63, 3.8) is 0 Å². The van der Waals surface area contributed by atoms with Crippen molar-refractivity contribution in [2.24, 2.45) is 0 Å². The molecule has 144 valence electrons. The maximum atomic E-state index is 13.3. The van der Waals surface area contributed by atoms with Gasteiger partial charge in [-0.05, 0) is 47.9 Å². The van der Waals surface area contributed by atoms with Gasteiger partial charge in [0.05, 0.1) is 4.91 Å². The van der Waals surface area contributed by atoms with E-state index in [1.165, 1.54) is 17.0 Å². The van der Waals surface area contributed by atoms with Crippen LogP contribution in [-0.4, -0.2) is 39.2 Å². The summed E-state index contributed by atoms with van der Waals surface area (Å²) in [5.41, 5.74) is 1.53. The summed E-state index contributed by atoms with van der Waals surface area (Å²) in [6, 6.07) is 12.6. The fourth-order valence-electron chi connectivity index (χ4n) is 2.59. The number of hydrogen-bond donors (Lipinski definition) is 2. The van der Waals surface area contributed by atoms with E-state index in [1.807, 2.05) is 0 Å². The van der Waals surface area contributed by atoms with Crippen LogP contribution in [0.3, 0.4) is 0 Å². The van der Waals surface area contributed by atoms with Crippen LogP contribution in [0.1, 0.15) is 11.1 Å². The molecular weight excluding hydrogens is 399 g/mol. The number of carbonyl (C=O) groups excluding carboxylic acids is 2. The van der Waals surface area contributed by atoms with E-state index in [-0.39, 0.29) is 24.1 Å². The second kappa shape index (κ2) is 8.99. The highest BCUT2D eigenvalue weighted by Crippen LogP contribution is 2.32. The van der Waals surface area contributed by atoms with Crippen LogP contribution in [0.15, 0.2) is 53.4 Å². The van der Waals surface area contributed by atoms with Gasteiger partial charge in [0.2, 0.25) is 5.91 Å². The predicted molar refractivity (Wildman–Crippen MR) is 111 cm³/mol. The van der Waals surface area contributed by atoms with Crippen molar-refractivity contribution in [1.82, 2.24) is 10.2 Å². The standard InChI is InChI=1S/C20H17FN2O3S2/c21-15-3-1-2-14(10-15)11-17-19(26)23(20(27)28-17)12-18(25)22-9-8-13-4-6-16(24)7-5-13/h1-7,10-11,24H,8-9,12H2,(H,22,25). The Morgan fingerprint density at radius 1 is 1.25 bits per heavy atom. The highest BCUT2D eigenvalue weighted by atomic mass is 32.2. The summed E-state index contributed by atoms with van der Waals surface area (Å²) in [6.45, 7) is 0.234. The lowest BCUT2D eigenvalue weighted by Crippen LogP contribution is -2.40. The van der Waals surface area contributed by atoms with Crippen molar-refractivity contribution in [3.05, 3.63) is 70.4 Å². The van der Waals surface area contributed by atoms with Crippen molar-refractivity contribution in [3.8, 4) is 5.75 Å². The molecule has 28 heavy (non-hydrogen) atoms. The first-order chi connectivity index (χ1) is 13.4. The summed E-state index contributed by atoms with van der Waals surface area (Å²) in [7, 11) is 0. The lowest BCUT2D eigenvalue weighted by atomic mass is 10.1. The average molecular weight is 416 g/mol. The second-order valence-electron chi connectivity index (χ2n) is 6.09. The lowest BCUT2D eigenvalue weighted by Gasteiger charge is -2.14. The Balaban J connectivity index is 1.54. The van der Waals surface area contributed by atoms with Crippen molar-refractivity contribution in [1.29, 1.82) is 0 Å². The number of thiocarbonyl (C=S) groups is 1. The highest BCUT2D eigenvalue weighted by molar-refractivity contribution is 8.26. The number of thioether (sulfide) groups is 1. The minimum Gasteiger partial charge on any atom is -0.508 e. The van der Waals surface area contributed by atoms with Crippen LogP contribution in [0.2, 0.25) is 0 Å². The Kier molecular flexibility index (Phi) is 6.43. The number of phenolic OH excluding ortho intramolecular Hbond substituents is 1. The predicted octanol–water partition coefficient (Wildman–Crippen LogP) is 3.09. The molecule has 0 aromatic heterocycles. The van der Waals surface area contributed by atoms with Gasteiger partial charge in [0.25, 0.3) is 5.91 Å². The zero-order valence-corrected chi connectivity index (χ0v) is 16.4. The minimum atomic E-state index is -0.391. The van der Waals surface area contributed by atoms with E-state index in [2.05, 4.69) is 5.32 Å². The molecule has 1 aliphatic rings. The number of hydrogen-bond acceptors (Lipinski definition) is 5. The van der Waals surface area contributed by atoms with Gasteiger partial charge in [-0.2, -0.15) is 0 Å². The highest BCUT2D eigenvalue weighted by Gasteiger charge is 2.33. The molecule has 2 aromatic carbocycles. The number of nitrogens with one attached hydrogen (secondary N) is 1. The molecule has 0 saturated carbocycles. The molecule has 8 heteroatoms. The summed E-state index contributed by atoms with van der Waals surface area (Å²) < 4.78 is 13.6. The third kappa shape index (κ3) is 5.17. The van der Waals surface area contributed by atoms with Crippen LogP contribution in [0.5, 0.6) is 5.75 Å². The SMILES string of the molecule is O=C(CN1C(=O)C(=Cc2cccc(F)c2)SC1=S)NCCc1ccc(O)cc1. The monoisotopic (exact) mass is 416 g/mol. The fourth-order valence-corrected chi connectivity index (χ4v) is 3.85. The number of phenols is 1. The van der Waals surface area contributed by atoms with Gasteiger partial charge < -0.3 is 10.4 Å². The maximum Gasteiger partial charge on any atom is 0.266 e. The maximum absolute atomic E-state index is 13.3. The van der Waals surface area contributed by atoms with Gasteiger partial charge in [0, 0.05) is 6.54 Å². The van der Waals surface area contributed by atoms with Crippen LogP contribution in [0, 0.1) is 5.82 Å². The van der Waals surface area contributed by atoms with Gasteiger partial charge in [-0.15, -0.1) is 0 Å². The number of aromatic hydroxyl groups is 1. The molecule has 1 fully saturated rings. The third-order valence-electron chi connectivity index (χ3n) is 3.99. The van der Waals surface area contributed by atoms with Crippen molar-refractivity contribution in [2.75, 3.05) is 13.1 Å². The van der Waals surface area contributed by atoms with Gasteiger partial charge in [0.1, 0.15) is 22.4 Å². The topological polar surface area (TPSA) is 69.6 Å². The average Bonchev–Trinajstić information content (AvgIpc) is 2.91. The van der Waals surface area contributed by atoms with Gasteiger partial charge in [-0.3, -0.25) is 14.5 Å². The normalized spacial score (nSPS) is 15.3. The molecule has 5 nitrogen and oxygen atoms in total. The van der Waals surface area contributed by atoms with Crippen LogP contribution < -0.4 is 5.32 Å². The molecule has 2 aromatic rings. The van der Waals surface area contributed by atoms with Crippen LogP contribution >= 0.6 is 24.0 Å². The van der Waals surface area contributed by atoms with E-state index in [1.54, 1.807) is 42.5 Å². The number of carbonyl (C=O) groups is 2. The van der Waals surface area contributed by atoms with E-state index in [4.69, 9.17) is 12.2 Å². The van der Waals surface area contributed by atoms with Gasteiger partial charge in [-0.1, -0.05) is 48.2 Å². The second-order valence-corrected chi connectivity index (χ2v) is 7.77. The Morgan fingerprint density at radius 2 is 2.00 bits per heavy atom. The van der Waals surface area contributed by atoms with Gasteiger partial charge in [0.15, 0.2) is 0 Å². The summed E-state index contributed by atoms with van der Waals surface area (Å²) >= 11 is 6.30. The molecule has 1 saturated heterocycles. The van der Waals surface area contributed by atoms with E-state index < -0.39 is 5.82 Å². The van der Waals surface area contributed by atoms with Crippen LogP contribution in [-0.2, 0) is 16.0 Å². The molecule has 0 radical (unpaired) electrons. The molecule has 0 atom stereocenters. The number of halogens is 1. The zero-order chi connectivity index (χ0) is 20.1. The van der Waals surface area contributed by atoms with Gasteiger partial charge >= 0.3 is 0 Å². The largest absolute Gasteiger partial charge is 0.508 e. The number of rotatable bonds is 6. The Hall–Kier alpha value is -2.71. The van der Waals surface area contributed by atoms with E-state index in [0.717, 1.165) is 17.3 Å². The molecule has 1 aliphatic heterocycles. The lowest BCUT2D eigenvalue weighted by molar-refractivity contribution is -0.128. The van der Waals surface area contributed by atoms with E-state index in [9.17, 15) is 19.1 Å². The fraction of sp³-hybridized carbons (Fsp3) is 0.150. The summed E-state index contributed by atoms with van der Waals surface area (Å²) in [6.07, 6.45) is 2.16. The van der Waals surface area contributed by atoms with Crippen molar-refractivity contribution < 1.29 is 19.1 Å². The molecule has 0 spiro atoms. The Morgan fingerprint density at radius 3 is 2.71 bits per heavy atom. The van der Waals surface area contributed by atoms with Crippen LogP contribution in [0.25, 0.3) is 6.08 Å². The first-order valence-corrected chi connectivity index (χ1v) is 9.70. The molecule has 2 N–H and O–H groups in total. The first-order valence-electron chi connectivity index (χ1n) is 8.48. The summed E-state index contributed by atoms with van der Waals surface area (Å²) in [5.74, 6) is -0.888. The Bertz CT molecular complexity index is 945. The smallest absolute Gasteiger partial charge is 0.266 e. The first kappa shape index (κ1) is 20.0. The summed E-state index contributed by atoms with van der Waals surface area (Å²) in [5, 5.41) is 12.0. The zero-order valence-electron chi connectivity index (χ0n) is 14.7. The van der Waals surface area contributed by atoms with Crippen LogP contribution in [0.4, 0.5) is 4.39 Å². The molecule has 0 bridgehead atoms. The van der Waals surface area contributed by atoms with Crippen molar-refractivity contribution >= 4 is 46.2 Å². The Labute approximate surface area is 171 Å². The molecule has 3 rings (SSSR count). The molecular formula is C20H17FN2O3S2. The molecule has 0 aliphatic carbocycles. The van der Waals surface area contributed by atoms with Gasteiger partial charge in [-0.25, -0.2) is 4.39 Å². The molecule has 1 heterocycles. The molecule has 2 amide bonds. The quantitative estimate of drug-likeness (QED) is 0.560. The summed E-state index contributed by atoms with van der Waals surface area (Å²) in [4.78, 5) is 26.3. The number of benzene rings is 2. The van der Waals surface area contributed by atoms with E-state index >= 15 is 0 Å². The minimum absolute atomic E-state index is 0.166. The van der Waals surface area contributed by atoms with Crippen molar-refractivity contribution in [2.45, 2.75) is 6.42 Å².